The number of carbonyl (C=O) groups excluding carboxylic acids is 1. The van der Waals surface area contributed by atoms with Crippen LogP contribution in [0.5, 0.6) is 0 Å². The molecule has 1 N–H and O–H groups in total. The van der Waals surface area contributed by atoms with Crippen molar-refractivity contribution in [1.82, 2.24) is 5.32 Å². The summed E-state index contributed by atoms with van der Waals surface area (Å²) in [4.78, 5) is 11.5. The number of nitrogens with one attached hydrogen (secondary N) is 1. The molecule has 1 saturated carbocycles. The van der Waals surface area contributed by atoms with Gasteiger partial charge in [0.25, 0.3) is 0 Å². The highest BCUT2D eigenvalue weighted by Gasteiger charge is 2.17. The summed E-state index contributed by atoms with van der Waals surface area (Å²) in [5.41, 5.74) is 0. The number of rotatable bonds is 6. The minimum absolute atomic E-state index is 0.225. The minimum atomic E-state index is 0.225. The monoisotopic (exact) mass is 207 g/mol. The van der Waals surface area contributed by atoms with E-state index in [-0.39, 0.29) is 5.91 Å². The molecule has 1 aliphatic carbocycles. The topological polar surface area (TPSA) is 29.1 Å². The third kappa shape index (κ3) is 5.47. The molecule has 0 radical (unpaired) electrons. The van der Waals surface area contributed by atoms with E-state index >= 15 is 0 Å². The zero-order valence-electron chi connectivity index (χ0n) is 9.43. The third-order valence-electron chi connectivity index (χ3n) is 3.02. The fourth-order valence-corrected chi connectivity index (χ4v) is 2.13. The molecule has 0 atom stereocenters. The van der Waals surface area contributed by atoms with Gasteiger partial charge in [-0.1, -0.05) is 12.8 Å². The van der Waals surface area contributed by atoms with Crippen LogP contribution in [0.4, 0.5) is 0 Å². The summed E-state index contributed by atoms with van der Waals surface area (Å²) in [6, 6.07) is 0. The summed E-state index contributed by atoms with van der Waals surface area (Å²) in [5, 5.41) is 2.96. The first kappa shape index (κ1) is 12.1. The Balaban J connectivity index is 1.96. The molecule has 0 spiro atoms. The molecule has 0 unspecified atom stereocenters. The van der Waals surface area contributed by atoms with Crippen LogP contribution in [0.1, 0.15) is 51.4 Å². The lowest BCUT2D eigenvalue weighted by Crippen LogP contribution is -2.25. The van der Waals surface area contributed by atoms with E-state index in [1.165, 1.54) is 25.7 Å². The second-order valence-corrected chi connectivity index (χ2v) is 4.37. The summed E-state index contributed by atoms with van der Waals surface area (Å²) in [7, 11) is 0. The van der Waals surface area contributed by atoms with Gasteiger partial charge in [-0.2, -0.15) is 0 Å². The SMILES string of the molecule is C#CCCCCNC(=O)CC1CCCC1. The highest BCUT2D eigenvalue weighted by atomic mass is 16.1. The van der Waals surface area contributed by atoms with Gasteiger partial charge in [0.2, 0.25) is 5.91 Å². The Morgan fingerprint density at radius 1 is 1.33 bits per heavy atom. The van der Waals surface area contributed by atoms with E-state index in [1.54, 1.807) is 0 Å². The number of hydrogen-bond donors (Lipinski definition) is 1. The number of amides is 1. The maximum absolute atomic E-state index is 11.5. The molecule has 1 rings (SSSR count). The van der Waals surface area contributed by atoms with Crippen molar-refractivity contribution in [2.45, 2.75) is 51.4 Å². The maximum Gasteiger partial charge on any atom is 0.220 e. The van der Waals surface area contributed by atoms with Crippen molar-refractivity contribution in [3.05, 3.63) is 0 Å². The summed E-state index contributed by atoms with van der Waals surface area (Å²) in [6.45, 7) is 0.785. The molecule has 0 aromatic heterocycles. The number of hydrogen-bond acceptors (Lipinski definition) is 1. The first-order chi connectivity index (χ1) is 7.33. The maximum atomic E-state index is 11.5. The van der Waals surface area contributed by atoms with Crippen molar-refractivity contribution in [3.63, 3.8) is 0 Å². The standard InChI is InChI=1S/C13H21NO/c1-2-3-4-7-10-14-13(15)11-12-8-5-6-9-12/h1,12H,3-11H2,(H,14,15). The van der Waals surface area contributed by atoms with Gasteiger partial charge in [0.05, 0.1) is 0 Å². The molecule has 0 aromatic rings. The number of unbranched alkanes of at least 4 members (excludes halogenated alkanes) is 2. The van der Waals surface area contributed by atoms with Crippen molar-refractivity contribution in [2.75, 3.05) is 6.54 Å². The Labute approximate surface area is 92.8 Å². The van der Waals surface area contributed by atoms with Gasteiger partial charge < -0.3 is 5.32 Å². The van der Waals surface area contributed by atoms with Crippen molar-refractivity contribution in [1.29, 1.82) is 0 Å². The first-order valence-corrected chi connectivity index (χ1v) is 6.03. The van der Waals surface area contributed by atoms with Crippen molar-refractivity contribution < 1.29 is 4.79 Å². The lowest BCUT2D eigenvalue weighted by atomic mass is 10.0. The molecule has 2 heteroatoms. The van der Waals surface area contributed by atoms with E-state index < -0.39 is 0 Å². The molecule has 0 saturated heterocycles. The fraction of sp³-hybridized carbons (Fsp3) is 0.769. The van der Waals surface area contributed by atoms with E-state index in [1.807, 2.05) is 0 Å². The largest absolute Gasteiger partial charge is 0.356 e. The Kier molecular flexibility index (Phi) is 5.92. The van der Waals surface area contributed by atoms with Crippen LogP contribution >= 0.6 is 0 Å². The summed E-state index contributed by atoms with van der Waals surface area (Å²) in [6.07, 6.45) is 13.8. The summed E-state index contributed by atoms with van der Waals surface area (Å²) < 4.78 is 0. The predicted octanol–water partition coefficient (Wildman–Crippen LogP) is 2.49. The average Bonchev–Trinajstić information content (AvgIpc) is 2.70. The van der Waals surface area contributed by atoms with Crippen LogP contribution in [0.25, 0.3) is 0 Å². The normalized spacial score (nSPS) is 16.2. The van der Waals surface area contributed by atoms with Gasteiger partial charge in [-0.15, -0.1) is 12.3 Å². The van der Waals surface area contributed by atoms with Gasteiger partial charge in [0.15, 0.2) is 0 Å². The highest BCUT2D eigenvalue weighted by Crippen LogP contribution is 2.27. The fourth-order valence-electron chi connectivity index (χ4n) is 2.13. The predicted molar refractivity (Wildman–Crippen MR) is 62.3 cm³/mol. The highest BCUT2D eigenvalue weighted by molar-refractivity contribution is 5.76. The third-order valence-corrected chi connectivity index (χ3v) is 3.02. The van der Waals surface area contributed by atoms with Gasteiger partial charge in [0, 0.05) is 19.4 Å². The molecule has 0 aliphatic heterocycles. The van der Waals surface area contributed by atoms with Crippen LogP contribution in [0.3, 0.4) is 0 Å². The van der Waals surface area contributed by atoms with Crippen LogP contribution in [0, 0.1) is 18.3 Å². The molecule has 2 nitrogen and oxygen atoms in total. The van der Waals surface area contributed by atoms with Gasteiger partial charge in [-0.25, -0.2) is 0 Å². The summed E-state index contributed by atoms with van der Waals surface area (Å²) in [5.74, 6) is 3.48. The van der Waals surface area contributed by atoms with Crippen LogP contribution in [0.2, 0.25) is 0 Å². The molecule has 1 amide bonds. The molecule has 15 heavy (non-hydrogen) atoms. The lowest BCUT2D eigenvalue weighted by molar-refractivity contribution is -0.121. The first-order valence-electron chi connectivity index (χ1n) is 6.03. The second kappa shape index (κ2) is 7.34. The Morgan fingerprint density at radius 3 is 2.73 bits per heavy atom. The quantitative estimate of drug-likeness (QED) is 0.526. The van der Waals surface area contributed by atoms with Gasteiger partial charge in [-0.3, -0.25) is 4.79 Å². The molecule has 0 bridgehead atoms. The Morgan fingerprint density at radius 2 is 2.07 bits per heavy atom. The van der Waals surface area contributed by atoms with Crippen LogP contribution in [-0.2, 0) is 4.79 Å². The van der Waals surface area contributed by atoms with Gasteiger partial charge in [-0.05, 0) is 31.6 Å². The van der Waals surface area contributed by atoms with Gasteiger partial charge >= 0.3 is 0 Å². The molecule has 0 heterocycles. The van der Waals surface area contributed by atoms with E-state index in [0.717, 1.165) is 32.2 Å². The molecular weight excluding hydrogens is 186 g/mol. The van der Waals surface area contributed by atoms with E-state index in [2.05, 4.69) is 11.2 Å². The van der Waals surface area contributed by atoms with Crippen molar-refractivity contribution in [3.8, 4) is 12.3 Å². The smallest absolute Gasteiger partial charge is 0.220 e. The molecule has 84 valence electrons. The zero-order valence-corrected chi connectivity index (χ0v) is 9.43. The average molecular weight is 207 g/mol. The lowest BCUT2D eigenvalue weighted by Gasteiger charge is -2.08. The van der Waals surface area contributed by atoms with E-state index in [9.17, 15) is 4.79 Å². The van der Waals surface area contributed by atoms with E-state index in [4.69, 9.17) is 6.42 Å². The molecular formula is C13H21NO. The van der Waals surface area contributed by atoms with E-state index in [0.29, 0.717) is 5.92 Å². The van der Waals surface area contributed by atoms with Crippen LogP contribution < -0.4 is 5.32 Å². The molecule has 1 fully saturated rings. The van der Waals surface area contributed by atoms with Gasteiger partial charge in [0.1, 0.15) is 0 Å². The van der Waals surface area contributed by atoms with Crippen LogP contribution in [-0.4, -0.2) is 12.5 Å². The zero-order chi connectivity index (χ0) is 10.9. The molecule has 1 aliphatic rings. The number of terminal acetylenes is 1. The van der Waals surface area contributed by atoms with Crippen molar-refractivity contribution >= 4 is 5.91 Å². The molecule has 0 aromatic carbocycles. The number of carbonyl (C=O) groups is 1. The van der Waals surface area contributed by atoms with Crippen molar-refractivity contribution in [2.24, 2.45) is 5.92 Å². The second-order valence-electron chi connectivity index (χ2n) is 4.37. The summed E-state index contributed by atoms with van der Waals surface area (Å²) >= 11 is 0. The Bertz CT molecular complexity index is 223. The van der Waals surface area contributed by atoms with Crippen LogP contribution in [0.15, 0.2) is 0 Å². The minimum Gasteiger partial charge on any atom is -0.356 e. The Hall–Kier alpha value is -0.970.